The minimum atomic E-state index is 0. The van der Waals surface area contributed by atoms with Gasteiger partial charge >= 0.3 is 0 Å². The SMILES string of the molecule is CN1CCN(C)C2(CCN(Cc3ccc4n(c3=O)C[C@@H]3CNC[C@H]4C3)CC2)C1.Cl.Cl. The molecule has 3 saturated heterocycles. The average molecular weight is 458 g/mol. The van der Waals surface area contributed by atoms with E-state index in [0.29, 0.717) is 17.4 Å². The molecular weight excluding hydrogens is 421 g/mol. The van der Waals surface area contributed by atoms with E-state index in [1.54, 1.807) is 0 Å². The molecule has 8 heteroatoms. The molecule has 4 aliphatic heterocycles. The summed E-state index contributed by atoms with van der Waals surface area (Å²) in [5.74, 6) is 1.13. The largest absolute Gasteiger partial charge is 0.316 e. The molecular formula is C22H37Cl2N5O. The second-order valence-electron chi connectivity index (χ2n) is 9.82. The van der Waals surface area contributed by atoms with Crippen molar-refractivity contribution in [2.45, 2.75) is 43.8 Å². The van der Waals surface area contributed by atoms with Crippen LogP contribution in [0, 0.1) is 5.92 Å². The van der Waals surface area contributed by atoms with Crippen LogP contribution in [0.3, 0.4) is 0 Å². The maximum absolute atomic E-state index is 13.2. The van der Waals surface area contributed by atoms with Gasteiger partial charge in [-0.2, -0.15) is 0 Å². The van der Waals surface area contributed by atoms with Crippen molar-refractivity contribution in [3.05, 3.63) is 33.7 Å². The number of halogens is 2. The zero-order valence-electron chi connectivity index (χ0n) is 18.3. The van der Waals surface area contributed by atoms with Gasteiger partial charge in [-0.15, -0.1) is 24.8 Å². The first kappa shape index (κ1) is 24.0. The number of aromatic nitrogens is 1. The molecule has 30 heavy (non-hydrogen) atoms. The topological polar surface area (TPSA) is 43.8 Å². The van der Waals surface area contributed by atoms with Crippen molar-refractivity contribution in [2.75, 3.05) is 59.9 Å². The normalized spacial score (nSPS) is 29.0. The fraction of sp³-hybridized carbons (Fsp3) is 0.773. The Morgan fingerprint density at radius 3 is 2.60 bits per heavy atom. The van der Waals surface area contributed by atoms with E-state index in [1.807, 2.05) is 0 Å². The molecule has 170 valence electrons. The third kappa shape index (κ3) is 4.32. The number of hydrogen-bond donors (Lipinski definition) is 1. The van der Waals surface area contributed by atoms with E-state index >= 15 is 0 Å². The Morgan fingerprint density at radius 1 is 1.07 bits per heavy atom. The van der Waals surface area contributed by atoms with E-state index in [9.17, 15) is 4.79 Å². The van der Waals surface area contributed by atoms with Crippen LogP contribution in [0.4, 0.5) is 0 Å². The van der Waals surface area contributed by atoms with Gasteiger partial charge in [-0.05, 0) is 51.9 Å². The summed E-state index contributed by atoms with van der Waals surface area (Å²) in [5.41, 5.74) is 2.84. The zero-order valence-corrected chi connectivity index (χ0v) is 19.9. The van der Waals surface area contributed by atoms with Gasteiger partial charge in [0.1, 0.15) is 0 Å². The van der Waals surface area contributed by atoms with Gasteiger partial charge in [-0.3, -0.25) is 14.6 Å². The predicted octanol–water partition coefficient (Wildman–Crippen LogP) is 1.61. The average Bonchev–Trinajstić information content (AvgIpc) is 2.70. The first-order valence-electron chi connectivity index (χ1n) is 11.1. The lowest BCUT2D eigenvalue weighted by molar-refractivity contribution is -0.0206. The first-order chi connectivity index (χ1) is 13.5. The Hall–Kier alpha value is -0.630. The molecule has 1 spiro atoms. The Morgan fingerprint density at radius 2 is 1.83 bits per heavy atom. The van der Waals surface area contributed by atoms with Gasteiger partial charge in [0.15, 0.2) is 0 Å². The van der Waals surface area contributed by atoms with E-state index < -0.39 is 0 Å². The Bertz CT molecular complexity index is 792. The maximum atomic E-state index is 13.2. The van der Waals surface area contributed by atoms with Crippen LogP contribution in [0.25, 0.3) is 0 Å². The number of hydrogen-bond acceptors (Lipinski definition) is 5. The molecule has 2 atom stereocenters. The standard InChI is InChI=1S/C22H35N5O.2ClH/c1-24-9-10-25(2)22(16-24)5-7-26(8-6-22)15-18-3-4-20-19-11-17(12-23-13-19)14-27(20)21(18)28;;/h3-4,17,19,23H,5-16H2,1-2H3;2*1H/t17-,19+;;/m0../s1. The van der Waals surface area contributed by atoms with Crippen LogP contribution in [0.2, 0.25) is 0 Å². The van der Waals surface area contributed by atoms with E-state index in [2.05, 4.69) is 50.8 Å². The molecule has 5 rings (SSSR count). The number of pyridine rings is 1. The lowest BCUT2D eigenvalue weighted by atomic mass is 9.83. The Balaban J connectivity index is 0.00000128. The molecule has 1 N–H and O–H groups in total. The molecule has 0 aliphatic carbocycles. The molecule has 6 nitrogen and oxygen atoms in total. The van der Waals surface area contributed by atoms with Gasteiger partial charge in [0, 0.05) is 75.1 Å². The van der Waals surface area contributed by atoms with Crippen LogP contribution < -0.4 is 10.9 Å². The van der Waals surface area contributed by atoms with Gasteiger partial charge in [0.2, 0.25) is 0 Å². The van der Waals surface area contributed by atoms with Gasteiger partial charge in [0.05, 0.1) is 0 Å². The number of likely N-dealkylation sites (tertiary alicyclic amines) is 1. The van der Waals surface area contributed by atoms with Crippen LogP contribution in [0.15, 0.2) is 16.9 Å². The molecule has 5 heterocycles. The highest BCUT2D eigenvalue weighted by molar-refractivity contribution is 5.85. The molecule has 4 aliphatic rings. The zero-order chi connectivity index (χ0) is 19.3. The lowest BCUT2D eigenvalue weighted by Gasteiger charge is -2.52. The van der Waals surface area contributed by atoms with Crippen molar-refractivity contribution in [3.63, 3.8) is 0 Å². The minimum absolute atomic E-state index is 0. The quantitative estimate of drug-likeness (QED) is 0.730. The highest BCUT2D eigenvalue weighted by Gasteiger charge is 2.41. The minimum Gasteiger partial charge on any atom is -0.316 e. The summed E-state index contributed by atoms with van der Waals surface area (Å²) < 4.78 is 2.10. The van der Waals surface area contributed by atoms with Gasteiger partial charge in [-0.25, -0.2) is 0 Å². The van der Waals surface area contributed by atoms with Gasteiger partial charge < -0.3 is 14.8 Å². The van der Waals surface area contributed by atoms with Gasteiger partial charge in [-0.1, -0.05) is 6.07 Å². The van der Waals surface area contributed by atoms with Crippen molar-refractivity contribution in [1.29, 1.82) is 0 Å². The molecule has 0 saturated carbocycles. The molecule has 0 amide bonds. The summed E-state index contributed by atoms with van der Waals surface area (Å²) >= 11 is 0. The third-order valence-corrected chi connectivity index (χ3v) is 7.96. The number of nitrogens with zero attached hydrogens (tertiary/aromatic N) is 4. The van der Waals surface area contributed by atoms with Crippen molar-refractivity contribution in [2.24, 2.45) is 5.92 Å². The molecule has 0 radical (unpaired) electrons. The molecule has 3 fully saturated rings. The molecule has 0 aromatic carbocycles. The predicted molar refractivity (Wildman–Crippen MR) is 126 cm³/mol. The summed E-state index contributed by atoms with van der Waals surface area (Å²) in [6, 6.07) is 4.36. The monoisotopic (exact) mass is 457 g/mol. The van der Waals surface area contributed by atoms with Crippen LogP contribution in [-0.2, 0) is 13.1 Å². The van der Waals surface area contributed by atoms with Crippen molar-refractivity contribution < 1.29 is 0 Å². The molecule has 1 aromatic rings. The van der Waals surface area contributed by atoms with E-state index in [0.717, 1.165) is 44.8 Å². The fourth-order valence-corrected chi connectivity index (χ4v) is 6.12. The summed E-state index contributed by atoms with van der Waals surface area (Å²) in [6.07, 6.45) is 3.65. The number of likely N-dealkylation sites (N-methyl/N-ethyl adjacent to an activating group) is 2. The molecule has 0 unspecified atom stereocenters. The van der Waals surface area contributed by atoms with Crippen LogP contribution in [0.1, 0.15) is 36.4 Å². The Labute approximate surface area is 192 Å². The summed E-state index contributed by atoms with van der Waals surface area (Å²) in [6.45, 7) is 9.48. The van der Waals surface area contributed by atoms with Crippen molar-refractivity contribution >= 4 is 24.8 Å². The van der Waals surface area contributed by atoms with E-state index in [4.69, 9.17) is 0 Å². The van der Waals surface area contributed by atoms with E-state index in [1.165, 1.54) is 44.6 Å². The number of nitrogens with one attached hydrogen (secondary N) is 1. The Kier molecular flexibility index (Phi) is 7.58. The van der Waals surface area contributed by atoms with E-state index in [-0.39, 0.29) is 30.4 Å². The summed E-state index contributed by atoms with van der Waals surface area (Å²) in [5, 5.41) is 3.53. The number of piperazine rings is 1. The number of fused-ring (bicyclic) bond motifs is 4. The maximum Gasteiger partial charge on any atom is 0.255 e. The number of piperidine rings is 2. The van der Waals surface area contributed by atoms with Crippen LogP contribution in [0.5, 0.6) is 0 Å². The molecule has 1 aromatic heterocycles. The lowest BCUT2D eigenvalue weighted by Crippen LogP contribution is -2.63. The van der Waals surface area contributed by atoms with Gasteiger partial charge in [0.25, 0.3) is 5.56 Å². The fourth-order valence-electron chi connectivity index (χ4n) is 6.12. The van der Waals surface area contributed by atoms with Crippen molar-refractivity contribution in [3.8, 4) is 0 Å². The smallest absolute Gasteiger partial charge is 0.255 e. The highest BCUT2D eigenvalue weighted by Crippen LogP contribution is 2.33. The summed E-state index contributed by atoms with van der Waals surface area (Å²) in [4.78, 5) is 20.8. The van der Waals surface area contributed by atoms with Crippen LogP contribution >= 0.6 is 24.8 Å². The molecule has 2 bridgehead atoms. The van der Waals surface area contributed by atoms with Crippen molar-refractivity contribution in [1.82, 2.24) is 24.6 Å². The third-order valence-electron chi connectivity index (χ3n) is 7.96. The second-order valence-corrected chi connectivity index (χ2v) is 9.82. The highest BCUT2D eigenvalue weighted by atomic mass is 35.5. The first-order valence-corrected chi connectivity index (χ1v) is 11.1. The van der Waals surface area contributed by atoms with Crippen LogP contribution in [-0.4, -0.2) is 84.7 Å². The number of rotatable bonds is 2. The second kappa shape index (κ2) is 9.47. The summed E-state index contributed by atoms with van der Waals surface area (Å²) in [7, 11) is 4.55.